The Morgan fingerprint density at radius 2 is 1.81 bits per heavy atom. The Bertz CT molecular complexity index is 628. The van der Waals surface area contributed by atoms with E-state index >= 15 is 0 Å². The lowest BCUT2D eigenvalue weighted by Crippen LogP contribution is -2.32. The molecule has 0 aliphatic rings. The number of carbonyl (C=O) groups excluding carboxylic acids is 1. The first-order chi connectivity index (χ1) is 9.99. The van der Waals surface area contributed by atoms with Gasteiger partial charge in [-0.2, -0.15) is 0 Å². The van der Waals surface area contributed by atoms with E-state index in [-0.39, 0.29) is 17.5 Å². The first-order valence-corrected chi connectivity index (χ1v) is 7.17. The molecular weight excluding hydrogens is 289 g/mol. The number of benzene rings is 2. The molecule has 0 radical (unpaired) electrons. The summed E-state index contributed by atoms with van der Waals surface area (Å²) in [6.07, 6.45) is 0. The molecular formula is C17H17ClFNO. The largest absolute Gasteiger partial charge is 0.345 e. The summed E-state index contributed by atoms with van der Waals surface area (Å²) in [5.41, 5.74) is 0.951. The highest BCUT2D eigenvalue weighted by molar-refractivity contribution is 6.31. The fraction of sp³-hybridized carbons (Fsp3) is 0.235. The van der Waals surface area contributed by atoms with E-state index in [1.54, 1.807) is 0 Å². The van der Waals surface area contributed by atoms with Crippen LogP contribution in [0, 0.1) is 11.7 Å². The number of nitrogens with one attached hydrogen (secondary N) is 1. The van der Waals surface area contributed by atoms with Gasteiger partial charge >= 0.3 is 0 Å². The zero-order chi connectivity index (χ0) is 15.4. The Morgan fingerprint density at radius 3 is 2.43 bits per heavy atom. The summed E-state index contributed by atoms with van der Waals surface area (Å²) in [7, 11) is 0. The summed E-state index contributed by atoms with van der Waals surface area (Å²) < 4.78 is 13.8. The average Bonchev–Trinajstić information content (AvgIpc) is 2.47. The van der Waals surface area contributed by atoms with Crippen LogP contribution in [-0.2, 0) is 0 Å². The minimum Gasteiger partial charge on any atom is -0.345 e. The third kappa shape index (κ3) is 3.82. The minimum absolute atomic E-state index is 0.0379. The highest BCUT2D eigenvalue weighted by Gasteiger charge is 2.20. The molecule has 0 heterocycles. The van der Waals surface area contributed by atoms with Crippen molar-refractivity contribution in [3.05, 3.63) is 70.5 Å². The maximum absolute atomic E-state index is 13.8. The van der Waals surface area contributed by atoms with Crippen LogP contribution in [0.15, 0.2) is 48.5 Å². The van der Waals surface area contributed by atoms with Gasteiger partial charge in [-0.05, 0) is 29.7 Å². The summed E-state index contributed by atoms with van der Waals surface area (Å²) in [6, 6.07) is 13.4. The number of hydrogen-bond donors (Lipinski definition) is 1. The van der Waals surface area contributed by atoms with Crippen molar-refractivity contribution < 1.29 is 9.18 Å². The average molecular weight is 306 g/mol. The Balaban J connectivity index is 2.25. The van der Waals surface area contributed by atoms with E-state index in [9.17, 15) is 9.18 Å². The molecule has 1 unspecified atom stereocenters. The molecule has 21 heavy (non-hydrogen) atoms. The third-order valence-corrected chi connectivity index (χ3v) is 3.52. The molecule has 2 rings (SSSR count). The van der Waals surface area contributed by atoms with Gasteiger partial charge in [0.2, 0.25) is 0 Å². The maximum Gasteiger partial charge on any atom is 0.254 e. The predicted molar refractivity (Wildman–Crippen MR) is 82.9 cm³/mol. The van der Waals surface area contributed by atoms with Crippen LogP contribution in [0.1, 0.15) is 35.8 Å². The van der Waals surface area contributed by atoms with Crippen LogP contribution in [0.5, 0.6) is 0 Å². The molecule has 0 saturated carbocycles. The van der Waals surface area contributed by atoms with Crippen LogP contribution < -0.4 is 5.32 Å². The second-order valence-corrected chi connectivity index (χ2v) is 5.67. The van der Waals surface area contributed by atoms with Crippen LogP contribution in [0.4, 0.5) is 4.39 Å². The van der Waals surface area contributed by atoms with Gasteiger partial charge in [-0.25, -0.2) is 4.39 Å². The molecule has 4 heteroatoms. The molecule has 2 aromatic rings. The highest BCUT2D eigenvalue weighted by atomic mass is 35.5. The smallest absolute Gasteiger partial charge is 0.254 e. The van der Waals surface area contributed by atoms with Gasteiger partial charge in [0.15, 0.2) is 0 Å². The van der Waals surface area contributed by atoms with Crippen LogP contribution in [-0.4, -0.2) is 5.91 Å². The number of halogens is 2. The molecule has 110 valence electrons. The number of amides is 1. The molecule has 2 aromatic carbocycles. The van der Waals surface area contributed by atoms with E-state index < -0.39 is 11.7 Å². The lowest BCUT2D eigenvalue weighted by Gasteiger charge is -2.23. The van der Waals surface area contributed by atoms with Gasteiger partial charge in [0.25, 0.3) is 5.91 Å². The molecule has 1 amide bonds. The standard InChI is InChI=1S/C17H17ClFNO/c1-11(2)16(12-6-4-3-5-7-12)20-17(21)14-10-13(18)8-9-15(14)19/h3-11,16H,1-2H3,(H,20,21). The Hall–Kier alpha value is -1.87. The van der Waals surface area contributed by atoms with Crippen molar-refractivity contribution in [2.75, 3.05) is 0 Å². The molecule has 0 fully saturated rings. The second-order valence-electron chi connectivity index (χ2n) is 5.23. The summed E-state index contributed by atoms with van der Waals surface area (Å²) in [5, 5.41) is 3.22. The number of carbonyl (C=O) groups is 1. The highest BCUT2D eigenvalue weighted by Crippen LogP contribution is 2.23. The fourth-order valence-corrected chi connectivity index (χ4v) is 2.36. The molecule has 0 bridgehead atoms. The number of rotatable bonds is 4. The monoisotopic (exact) mass is 305 g/mol. The van der Waals surface area contributed by atoms with Crippen molar-refractivity contribution in [3.63, 3.8) is 0 Å². The minimum atomic E-state index is -0.576. The molecule has 1 N–H and O–H groups in total. The van der Waals surface area contributed by atoms with Gasteiger partial charge in [0, 0.05) is 5.02 Å². The maximum atomic E-state index is 13.8. The molecule has 0 aromatic heterocycles. The topological polar surface area (TPSA) is 29.1 Å². The molecule has 0 aliphatic heterocycles. The summed E-state index contributed by atoms with van der Waals surface area (Å²) >= 11 is 5.83. The van der Waals surface area contributed by atoms with E-state index in [1.807, 2.05) is 44.2 Å². The van der Waals surface area contributed by atoms with E-state index in [4.69, 9.17) is 11.6 Å². The van der Waals surface area contributed by atoms with E-state index in [0.29, 0.717) is 5.02 Å². The van der Waals surface area contributed by atoms with Gasteiger partial charge < -0.3 is 5.32 Å². The zero-order valence-corrected chi connectivity index (χ0v) is 12.7. The Morgan fingerprint density at radius 1 is 1.14 bits per heavy atom. The van der Waals surface area contributed by atoms with Crippen molar-refractivity contribution in [3.8, 4) is 0 Å². The Kier molecular flexibility index (Phi) is 4.97. The van der Waals surface area contributed by atoms with Crippen LogP contribution in [0.3, 0.4) is 0 Å². The fourth-order valence-electron chi connectivity index (χ4n) is 2.19. The third-order valence-electron chi connectivity index (χ3n) is 3.28. The summed E-state index contributed by atoms with van der Waals surface area (Å²) in [4.78, 5) is 12.3. The Labute approximate surface area is 128 Å². The van der Waals surface area contributed by atoms with Crippen molar-refractivity contribution in [1.29, 1.82) is 0 Å². The molecule has 0 spiro atoms. The molecule has 0 aliphatic carbocycles. The van der Waals surface area contributed by atoms with Gasteiger partial charge in [0.05, 0.1) is 11.6 Å². The number of hydrogen-bond acceptors (Lipinski definition) is 1. The molecule has 0 saturated heterocycles. The van der Waals surface area contributed by atoms with Crippen LogP contribution in [0.25, 0.3) is 0 Å². The van der Waals surface area contributed by atoms with Crippen molar-refractivity contribution in [2.45, 2.75) is 19.9 Å². The first-order valence-electron chi connectivity index (χ1n) is 6.80. The van der Waals surface area contributed by atoms with Gasteiger partial charge in [0.1, 0.15) is 5.82 Å². The summed E-state index contributed by atoms with van der Waals surface area (Å²) in [5.74, 6) is -0.858. The molecule has 1 atom stereocenters. The van der Waals surface area contributed by atoms with Gasteiger partial charge in [-0.1, -0.05) is 55.8 Å². The van der Waals surface area contributed by atoms with Crippen molar-refractivity contribution in [1.82, 2.24) is 5.32 Å². The first kappa shape index (κ1) is 15.5. The van der Waals surface area contributed by atoms with Crippen LogP contribution >= 0.6 is 11.6 Å². The van der Waals surface area contributed by atoms with E-state index in [2.05, 4.69) is 5.32 Å². The summed E-state index contributed by atoms with van der Waals surface area (Å²) in [6.45, 7) is 4.01. The van der Waals surface area contributed by atoms with Crippen molar-refractivity contribution in [2.24, 2.45) is 5.92 Å². The van der Waals surface area contributed by atoms with Crippen molar-refractivity contribution >= 4 is 17.5 Å². The van der Waals surface area contributed by atoms with Crippen LogP contribution in [0.2, 0.25) is 5.02 Å². The van der Waals surface area contributed by atoms with E-state index in [1.165, 1.54) is 18.2 Å². The quantitative estimate of drug-likeness (QED) is 0.878. The zero-order valence-electron chi connectivity index (χ0n) is 11.9. The lowest BCUT2D eigenvalue weighted by atomic mass is 9.95. The van der Waals surface area contributed by atoms with Gasteiger partial charge in [-0.3, -0.25) is 4.79 Å². The van der Waals surface area contributed by atoms with Gasteiger partial charge in [-0.15, -0.1) is 0 Å². The normalized spacial score (nSPS) is 12.2. The molecule has 2 nitrogen and oxygen atoms in total. The lowest BCUT2D eigenvalue weighted by molar-refractivity contribution is 0.0921. The second kappa shape index (κ2) is 6.72. The predicted octanol–water partition coefficient (Wildman–Crippen LogP) is 4.61. The van der Waals surface area contributed by atoms with E-state index in [0.717, 1.165) is 5.56 Å². The SMILES string of the molecule is CC(C)C(NC(=O)c1cc(Cl)ccc1F)c1ccccc1.